The molecule has 0 amide bonds. The van der Waals surface area contributed by atoms with E-state index in [2.05, 4.69) is 33.9 Å². The molecule has 1 aliphatic carbocycles. The molecule has 0 fully saturated rings. The molecule has 1 atom stereocenters. The third-order valence-corrected chi connectivity index (χ3v) is 10.5. The van der Waals surface area contributed by atoms with E-state index < -0.39 is 8.32 Å². The predicted molar refractivity (Wildman–Crippen MR) is 111 cm³/mol. The minimum Gasteiger partial charge on any atom is -0.489 e. The first kappa shape index (κ1) is 20.1. The van der Waals surface area contributed by atoms with Gasteiger partial charge in [-0.25, -0.2) is 4.39 Å². The highest BCUT2D eigenvalue weighted by Gasteiger charge is 2.38. The van der Waals surface area contributed by atoms with E-state index in [0.29, 0.717) is 24.9 Å². The van der Waals surface area contributed by atoms with Crippen LogP contribution in [0.2, 0.25) is 18.1 Å². The fourth-order valence-electron chi connectivity index (χ4n) is 3.23. The second-order valence-electron chi connectivity index (χ2n) is 9.16. The number of rotatable bonds is 6. The lowest BCUT2D eigenvalue weighted by Gasteiger charge is -2.37. The Hall–Kier alpha value is -1.65. The summed E-state index contributed by atoms with van der Waals surface area (Å²) in [6, 6.07) is 13.5. The fourth-order valence-corrected chi connectivity index (χ4v) is 4.32. The first-order valence-corrected chi connectivity index (χ1v) is 12.7. The molecule has 2 nitrogen and oxygen atoms in total. The minimum absolute atomic E-state index is 0.148. The molecule has 0 saturated heterocycles. The van der Waals surface area contributed by atoms with E-state index >= 15 is 0 Å². The van der Waals surface area contributed by atoms with Crippen molar-refractivity contribution in [3.63, 3.8) is 0 Å². The molecule has 1 aliphatic rings. The zero-order valence-electron chi connectivity index (χ0n) is 17.1. The maximum absolute atomic E-state index is 14.6. The van der Waals surface area contributed by atoms with Crippen molar-refractivity contribution >= 4 is 8.32 Å². The molecule has 3 rings (SSSR count). The zero-order valence-corrected chi connectivity index (χ0v) is 18.1. The van der Waals surface area contributed by atoms with E-state index in [1.165, 1.54) is 6.07 Å². The van der Waals surface area contributed by atoms with E-state index in [0.717, 1.165) is 29.5 Å². The first-order chi connectivity index (χ1) is 12.7. The monoisotopic (exact) mass is 386 g/mol. The lowest BCUT2D eigenvalue weighted by atomic mass is 10.1. The van der Waals surface area contributed by atoms with Gasteiger partial charge in [-0.15, -0.1) is 0 Å². The van der Waals surface area contributed by atoms with Crippen molar-refractivity contribution in [2.45, 2.75) is 58.4 Å². The van der Waals surface area contributed by atoms with Crippen LogP contribution in [-0.2, 0) is 23.9 Å². The molecule has 2 aromatic carbocycles. The number of hydrogen-bond donors (Lipinski definition) is 0. The second-order valence-corrected chi connectivity index (χ2v) is 14.0. The summed E-state index contributed by atoms with van der Waals surface area (Å²) in [5.41, 5.74) is 2.99. The Morgan fingerprint density at radius 2 is 1.78 bits per heavy atom. The van der Waals surface area contributed by atoms with Gasteiger partial charge < -0.3 is 9.16 Å². The van der Waals surface area contributed by atoms with Crippen molar-refractivity contribution in [1.82, 2.24) is 0 Å². The van der Waals surface area contributed by atoms with Gasteiger partial charge in [0, 0.05) is 12.7 Å². The molecule has 146 valence electrons. The highest BCUT2D eigenvalue weighted by atomic mass is 28.4. The highest BCUT2D eigenvalue weighted by molar-refractivity contribution is 6.74. The van der Waals surface area contributed by atoms with Crippen LogP contribution in [0.3, 0.4) is 0 Å². The van der Waals surface area contributed by atoms with Crippen molar-refractivity contribution in [1.29, 1.82) is 0 Å². The van der Waals surface area contributed by atoms with E-state index in [4.69, 9.17) is 9.16 Å². The van der Waals surface area contributed by atoms with E-state index in [9.17, 15) is 4.39 Å². The Bertz CT molecular complexity index is 781. The van der Waals surface area contributed by atoms with Crippen LogP contribution in [0.5, 0.6) is 5.75 Å². The molecule has 0 heterocycles. The number of ether oxygens (including phenoxy) is 1. The van der Waals surface area contributed by atoms with Crippen LogP contribution >= 0.6 is 0 Å². The Labute approximate surface area is 163 Å². The van der Waals surface area contributed by atoms with Gasteiger partial charge in [-0.1, -0.05) is 51.1 Å². The number of halogens is 1. The molecule has 0 radical (unpaired) electrons. The van der Waals surface area contributed by atoms with Gasteiger partial charge in [0.1, 0.15) is 18.2 Å². The third kappa shape index (κ3) is 4.80. The summed E-state index contributed by atoms with van der Waals surface area (Å²) in [4.78, 5) is 0. The highest BCUT2D eigenvalue weighted by Crippen LogP contribution is 2.38. The van der Waals surface area contributed by atoms with Crippen LogP contribution in [0.15, 0.2) is 42.5 Å². The average Bonchev–Trinajstić information content (AvgIpc) is 3.02. The molecule has 0 saturated carbocycles. The van der Waals surface area contributed by atoms with Crippen molar-refractivity contribution in [3.05, 3.63) is 65.0 Å². The van der Waals surface area contributed by atoms with Crippen molar-refractivity contribution < 1.29 is 13.6 Å². The van der Waals surface area contributed by atoms with E-state index in [-0.39, 0.29) is 10.9 Å². The van der Waals surface area contributed by atoms with Gasteiger partial charge in [0.15, 0.2) is 8.32 Å². The summed E-state index contributed by atoms with van der Waals surface area (Å²) in [7, 11) is -1.77. The predicted octanol–water partition coefficient (Wildman–Crippen LogP) is 6.14. The fraction of sp³-hybridized carbons (Fsp3) is 0.478. The third-order valence-electron chi connectivity index (χ3n) is 6.00. The summed E-state index contributed by atoms with van der Waals surface area (Å²) in [6.45, 7) is 12.5. The van der Waals surface area contributed by atoms with Gasteiger partial charge >= 0.3 is 0 Å². The maximum atomic E-state index is 14.6. The minimum atomic E-state index is -1.77. The topological polar surface area (TPSA) is 18.5 Å². The molecule has 2 aromatic rings. The molecule has 0 bridgehead atoms. The number of hydrogen-bond acceptors (Lipinski definition) is 2. The van der Waals surface area contributed by atoms with Crippen LogP contribution in [0.1, 0.15) is 37.5 Å². The van der Waals surface area contributed by atoms with Crippen LogP contribution in [0.25, 0.3) is 0 Å². The molecular weight excluding hydrogens is 355 g/mol. The number of benzene rings is 2. The Balaban J connectivity index is 1.62. The van der Waals surface area contributed by atoms with Gasteiger partial charge in [-0.3, -0.25) is 0 Å². The molecule has 0 aliphatic heterocycles. The average molecular weight is 387 g/mol. The van der Waals surface area contributed by atoms with Gasteiger partial charge in [0.2, 0.25) is 0 Å². The molecule has 0 aromatic heterocycles. The zero-order chi connectivity index (χ0) is 19.7. The SMILES string of the molecule is CC(C)(C)[Si](C)(C)OCC1Cc2cc(OCc3ccccc3)cc(F)c2C1. The Morgan fingerprint density at radius 3 is 2.44 bits per heavy atom. The maximum Gasteiger partial charge on any atom is 0.191 e. The van der Waals surface area contributed by atoms with Gasteiger partial charge in [0.05, 0.1) is 0 Å². The van der Waals surface area contributed by atoms with Crippen molar-refractivity contribution in [2.75, 3.05) is 6.61 Å². The van der Waals surface area contributed by atoms with Gasteiger partial charge in [-0.05, 0) is 59.6 Å². The lowest BCUT2D eigenvalue weighted by Crippen LogP contribution is -2.42. The summed E-state index contributed by atoms with van der Waals surface area (Å²) in [6.07, 6.45) is 1.62. The largest absolute Gasteiger partial charge is 0.489 e. The summed E-state index contributed by atoms with van der Waals surface area (Å²) >= 11 is 0. The standard InChI is InChI=1S/C23H31FO2Si/c1-23(2,3)27(4,5)26-16-18-11-19-13-20(14-22(24)21(19)12-18)25-15-17-9-7-6-8-10-17/h6-10,13-14,18H,11-12,15-16H2,1-5H3. The normalized spacial score (nSPS) is 17.0. The Kier molecular flexibility index (Phi) is 5.78. The van der Waals surface area contributed by atoms with Crippen molar-refractivity contribution in [3.8, 4) is 5.75 Å². The van der Waals surface area contributed by atoms with Gasteiger partial charge in [-0.2, -0.15) is 0 Å². The summed E-state index contributed by atoms with van der Waals surface area (Å²) in [5.74, 6) is 0.819. The summed E-state index contributed by atoms with van der Waals surface area (Å²) < 4.78 is 26.8. The first-order valence-electron chi connectivity index (χ1n) is 9.78. The molecular formula is C23H31FO2Si. The van der Waals surface area contributed by atoms with Crippen LogP contribution in [0.4, 0.5) is 4.39 Å². The molecule has 0 N–H and O–H groups in total. The molecule has 0 spiro atoms. The van der Waals surface area contributed by atoms with Gasteiger partial charge in [0.25, 0.3) is 0 Å². The Morgan fingerprint density at radius 1 is 1.07 bits per heavy atom. The molecule has 27 heavy (non-hydrogen) atoms. The van der Waals surface area contributed by atoms with E-state index in [1.807, 2.05) is 36.4 Å². The molecule has 1 unspecified atom stereocenters. The van der Waals surface area contributed by atoms with Crippen LogP contribution in [0, 0.1) is 11.7 Å². The molecule has 4 heteroatoms. The van der Waals surface area contributed by atoms with Crippen LogP contribution in [-0.4, -0.2) is 14.9 Å². The number of fused-ring (bicyclic) bond motifs is 1. The van der Waals surface area contributed by atoms with Crippen molar-refractivity contribution in [2.24, 2.45) is 5.92 Å². The lowest BCUT2D eigenvalue weighted by molar-refractivity contribution is 0.232. The van der Waals surface area contributed by atoms with E-state index in [1.54, 1.807) is 0 Å². The second kappa shape index (κ2) is 7.76. The summed E-state index contributed by atoms with van der Waals surface area (Å²) in [5, 5.41) is 0.197. The van der Waals surface area contributed by atoms with Crippen LogP contribution < -0.4 is 4.74 Å². The quantitative estimate of drug-likeness (QED) is 0.555. The smallest absolute Gasteiger partial charge is 0.191 e.